The Bertz CT molecular complexity index is 2080. The molecule has 0 spiro atoms. The van der Waals surface area contributed by atoms with Gasteiger partial charge in [0.1, 0.15) is 0 Å². The van der Waals surface area contributed by atoms with E-state index in [0.29, 0.717) is 5.69 Å². The van der Waals surface area contributed by atoms with E-state index in [2.05, 4.69) is 30.6 Å². The second kappa shape index (κ2) is 9.79. The molecule has 8 nitrogen and oxygen atoms in total. The van der Waals surface area contributed by atoms with Crippen LogP contribution in [0.5, 0.6) is 0 Å². The molecule has 0 aliphatic carbocycles. The molecule has 36 heavy (non-hydrogen) atoms. The summed E-state index contributed by atoms with van der Waals surface area (Å²) in [5.74, 6) is -1.18. The number of amides is 1. The maximum Gasteiger partial charge on any atom is 0.255 e. The van der Waals surface area contributed by atoms with Crippen molar-refractivity contribution in [3.05, 3.63) is 108 Å². The van der Waals surface area contributed by atoms with Crippen LogP contribution in [0.3, 0.4) is 0 Å². The molecular formula is C28H25N7O. The van der Waals surface area contributed by atoms with Crippen LogP contribution in [0.1, 0.15) is 40.9 Å². The smallest absolute Gasteiger partial charge is 0.255 e. The summed E-state index contributed by atoms with van der Waals surface area (Å²) in [7, 11) is 0. The van der Waals surface area contributed by atoms with Crippen LogP contribution in [-0.2, 0) is 0 Å². The molecule has 2 N–H and O–H groups in total. The maximum absolute atomic E-state index is 13.6. The van der Waals surface area contributed by atoms with Gasteiger partial charge in [-0.2, -0.15) is 0 Å². The molecule has 0 fully saturated rings. The van der Waals surface area contributed by atoms with Crippen LogP contribution in [0.25, 0.3) is 16.9 Å². The minimum atomic E-state index is -1.03. The van der Waals surface area contributed by atoms with Crippen molar-refractivity contribution < 1.29 is 18.5 Å². The molecule has 0 saturated heterocycles. The highest BCUT2D eigenvalue weighted by Crippen LogP contribution is 2.24. The van der Waals surface area contributed by atoms with Crippen molar-refractivity contribution in [3.8, 4) is 16.9 Å². The van der Waals surface area contributed by atoms with Gasteiger partial charge in [-0.25, -0.2) is 15.0 Å². The monoisotopic (exact) mass is 485 g/mol. The molecule has 5 rings (SSSR count). The van der Waals surface area contributed by atoms with Crippen LogP contribution >= 0.6 is 0 Å². The molecule has 0 bridgehead atoms. The molecule has 0 aliphatic rings. The summed E-state index contributed by atoms with van der Waals surface area (Å²) in [5.41, 5.74) is 0.0171. The highest BCUT2D eigenvalue weighted by atomic mass is 16.1. The number of benzene rings is 2. The van der Waals surface area contributed by atoms with Crippen molar-refractivity contribution in [2.45, 2.75) is 20.8 Å². The summed E-state index contributed by atoms with van der Waals surface area (Å²) >= 11 is 0. The summed E-state index contributed by atoms with van der Waals surface area (Å²) in [6.45, 7) is 4.68. The van der Waals surface area contributed by atoms with E-state index in [-0.39, 0.29) is 69.6 Å². The van der Waals surface area contributed by atoms with Gasteiger partial charge in [-0.05, 0) is 80.3 Å². The minimum absolute atomic E-state index is 0.0295. The van der Waals surface area contributed by atoms with Crippen molar-refractivity contribution in [1.82, 2.24) is 24.5 Å². The average Bonchev–Trinajstić information content (AvgIpc) is 3.44. The molecule has 0 radical (unpaired) electrons. The Labute approximate surface area is 223 Å². The van der Waals surface area contributed by atoms with Gasteiger partial charge in [0, 0.05) is 52.9 Å². The molecule has 2 aromatic carbocycles. The Hall–Kier alpha value is -4.85. The summed E-state index contributed by atoms with van der Waals surface area (Å²) in [4.78, 5) is 29.8. The normalized spacial score (nSPS) is 14.6. The average molecular weight is 486 g/mol. The number of rotatable bonds is 6. The Morgan fingerprint density at radius 1 is 1.06 bits per heavy atom. The van der Waals surface area contributed by atoms with Crippen LogP contribution < -0.4 is 10.6 Å². The lowest BCUT2D eigenvalue weighted by Gasteiger charge is -2.13. The number of hydrogen-bond acceptors (Lipinski definition) is 6. The summed E-state index contributed by atoms with van der Waals surface area (Å²) in [5, 5.41) is 5.24. The fraction of sp³-hybridized carbons (Fsp3) is 0.107. The fourth-order valence-electron chi connectivity index (χ4n) is 3.22. The highest BCUT2D eigenvalue weighted by Gasteiger charge is 2.12. The van der Waals surface area contributed by atoms with Crippen molar-refractivity contribution in [3.63, 3.8) is 0 Å². The van der Waals surface area contributed by atoms with Crippen LogP contribution in [0.15, 0.2) is 85.5 Å². The van der Waals surface area contributed by atoms with Crippen LogP contribution in [0.2, 0.25) is 0 Å². The largest absolute Gasteiger partial charge is 0.324 e. The first kappa shape index (κ1) is 13.9. The van der Waals surface area contributed by atoms with Gasteiger partial charge < -0.3 is 15.2 Å². The van der Waals surface area contributed by atoms with E-state index < -0.39 is 48.0 Å². The van der Waals surface area contributed by atoms with Gasteiger partial charge in [0.15, 0.2) is 0 Å². The van der Waals surface area contributed by atoms with Crippen LogP contribution in [0, 0.1) is 20.8 Å². The van der Waals surface area contributed by atoms with Crippen molar-refractivity contribution in [2.75, 3.05) is 10.6 Å². The van der Waals surface area contributed by atoms with Gasteiger partial charge in [0.25, 0.3) is 5.91 Å². The molecule has 8 heteroatoms. The molecule has 0 atom stereocenters. The Morgan fingerprint density at radius 3 is 2.78 bits per heavy atom. The lowest BCUT2D eigenvalue weighted by molar-refractivity contribution is 0.102. The second-order valence-electron chi connectivity index (χ2n) is 7.70. The number of carbonyl (C=O) groups is 1. The Kier molecular flexibility index (Phi) is 3.78. The van der Waals surface area contributed by atoms with Crippen molar-refractivity contribution in [1.29, 1.82) is 0 Å². The third-order valence-electron chi connectivity index (χ3n) is 4.91. The SMILES string of the molecule is [2H]c1nc([2H])c(-c2ccnc(Nc3c([2H])c(C(=O)Nc4c([2H])c(C)c([2H])c(-n5cnc(C)c5)c4[2H])c([2H])c([2H])c3C)n2)c([2H])c1[2H]. The first-order valence-electron chi connectivity index (χ1n) is 15.7. The molecule has 1 amide bonds. The van der Waals surface area contributed by atoms with E-state index in [1.807, 2.05) is 0 Å². The van der Waals surface area contributed by atoms with Crippen molar-refractivity contribution >= 4 is 23.2 Å². The fourth-order valence-corrected chi connectivity index (χ4v) is 3.22. The van der Waals surface area contributed by atoms with Gasteiger partial charge in [0.05, 0.1) is 31.4 Å². The lowest BCUT2D eigenvalue weighted by Crippen LogP contribution is -2.13. The van der Waals surface area contributed by atoms with Crippen LogP contribution in [-0.4, -0.2) is 30.4 Å². The van der Waals surface area contributed by atoms with E-state index in [1.165, 1.54) is 37.0 Å². The molecule has 3 aromatic heterocycles. The summed E-state index contributed by atoms with van der Waals surface area (Å²) < 4.78 is 84.9. The minimum Gasteiger partial charge on any atom is -0.324 e. The summed E-state index contributed by atoms with van der Waals surface area (Å²) in [6.07, 6.45) is 3.31. The molecular weight excluding hydrogens is 450 g/mol. The molecule has 0 aliphatic heterocycles. The van der Waals surface area contributed by atoms with Gasteiger partial charge in [0.2, 0.25) is 5.95 Å². The molecule has 178 valence electrons. The number of hydrogen-bond donors (Lipinski definition) is 2. The third kappa shape index (κ3) is 5.12. The number of pyridine rings is 1. The zero-order valence-electron chi connectivity index (χ0n) is 29.5. The second-order valence-corrected chi connectivity index (χ2v) is 7.70. The Morgan fingerprint density at radius 2 is 1.94 bits per heavy atom. The molecule has 0 unspecified atom stereocenters. The predicted octanol–water partition coefficient (Wildman–Crippen LogP) is 5.65. The van der Waals surface area contributed by atoms with Gasteiger partial charge in [-0.3, -0.25) is 9.78 Å². The number of nitrogens with one attached hydrogen (secondary N) is 2. The number of imidazole rings is 1. The zero-order valence-corrected chi connectivity index (χ0v) is 19.5. The van der Waals surface area contributed by atoms with E-state index in [1.54, 1.807) is 13.1 Å². The maximum atomic E-state index is 13.6. The third-order valence-corrected chi connectivity index (χ3v) is 4.91. The van der Waals surface area contributed by atoms with Crippen molar-refractivity contribution in [2.24, 2.45) is 0 Å². The first-order chi connectivity index (χ1) is 21.6. The number of nitrogens with zero attached hydrogens (tertiary/aromatic N) is 5. The predicted molar refractivity (Wildman–Crippen MR) is 141 cm³/mol. The Balaban J connectivity index is 1.57. The highest BCUT2D eigenvalue weighted by molar-refractivity contribution is 6.05. The molecule has 0 saturated carbocycles. The van der Waals surface area contributed by atoms with E-state index >= 15 is 0 Å². The number of carbonyl (C=O) groups excluding carboxylic acids is 1. The van der Waals surface area contributed by atoms with Crippen LogP contribution in [0.4, 0.5) is 17.3 Å². The van der Waals surface area contributed by atoms with E-state index in [9.17, 15) is 4.79 Å². The standard InChI is InChI=1S/C28H25N7O/c1-18-11-23(14-24(12-18)35-16-20(3)31-17-35)32-27(36)21-7-6-19(2)26(13-21)34-28-30-10-8-25(33-28)22-5-4-9-29-15-22/h4-17H,1-3H3,(H,32,36)(H,30,33,34)/i4D,5D,6D,7D,9D,11D,12D,13D,14D,15D. The van der Waals surface area contributed by atoms with Gasteiger partial charge in [-0.1, -0.05) is 6.04 Å². The quantitative estimate of drug-likeness (QED) is 0.323. The summed E-state index contributed by atoms with van der Waals surface area (Å²) in [6, 6.07) is -1.76. The van der Waals surface area contributed by atoms with E-state index in [4.69, 9.17) is 13.7 Å². The molecule has 3 heterocycles. The lowest BCUT2D eigenvalue weighted by atomic mass is 10.1. The number of aromatic nitrogens is 5. The topological polar surface area (TPSA) is 97.6 Å². The van der Waals surface area contributed by atoms with Gasteiger partial charge in [-0.15, -0.1) is 0 Å². The van der Waals surface area contributed by atoms with E-state index in [0.717, 1.165) is 0 Å². The first-order valence-corrected chi connectivity index (χ1v) is 10.7. The van der Waals surface area contributed by atoms with Gasteiger partial charge >= 0.3 is 0 Å². The molecule has 5 aromatic rings. The zero-order chi connectivity index (χ0) is 33.8. The number of anilines is 3. The number of aryl methyl sites for hydroxylation is 1.